The Balaban J connectivity index is 1.69. The van der Waals surface area contributed by atoms with Crippen LogP contribution in [-0.4, -0.2) is 38.7 Å². The number of carbonyl (C=O) groups is 1. The van der Waals surface area contributed by atoms with E-state index < -0.39 is 9.84 Å². The fraction of sp³-hybridized carbons (Fsp3) is 0.696. The molecule has 1 saturated carbocycles. The summed E-state index contributed by atoms with van der Waals surface area (Å²) in [6, 6.07) is 5.46. The summed E-state index contributed by atoms with van der Waals surface area (Å²) in [6.07, 6.45) is 8.00. The summed E-state index contributed by atoms with van der Waals surface area (Å²) >= 11 is 0. The van der Waals surface area contributed by atoms with Gasteiger partial charge in [-0.15, -0.1) is 0 Å². The van der Waals surface area contributed by atoms with E-state index in [-0.39, 0.29) is 35.5 Å². The van der Waals surface area contributed by atoms with Crippen LogP contribution in [0.3, 0.4) is 0 Å². The molecular formula is C23H37N3O3S. The Morgan fingerprint density at radius 1 is 1.23 bits per heavy atom. The van der Waals surface area contributed by atoms with Gasteiger partial charge in [-0.05, 0) is 35.4 Å². The Kier molecular flexibility index (Phi) is 7.93. The van der Waals surface area contributed by atoms with E-state index in [9.17, 15) is 13.2 Å². The van der Waals surface area contributed by atoms with Crippen molar-refractivity contribution in [2.75, 3.05) is 12.3 Å². The maximum Gasteiger partial charge on any atom is 0.217 e. The molecule has 4 N–H and O–H groups in total. The van der Waals surface area contributed by atoms with Crippen molar-refractivity contribution in [3.63, 3.8) is 0 Å². The van der Waals surface area contributed by atoms with Crippen LogP contribution in [0, 0.1) is 5.92 Å². The maximum atomic E-state index is 12.4. The lowest BCUT2D eigenvalue weighted by Crippen LogP contribution is -2.53. The molecule has 1 fully saturated rings. The molecule has 30 heavy (non-hydrogen) atoms. The molecule has 7 heteroatoms. The first kappa shape index (κ1) is 23.2. The molecule has 0 unspecified atom stereocenters. The molecule has 0 aromatic heterocycles. The van der Waals surface area contributed by atoms with Crippen LogP contribution in [0.1, 0.15) is 75.1 Å². The van der Waals surface area contributed by atoms with Crippen molar-refractivity contribution in [1.82, 2.24) is 10.6 Å². The van der Waals surface area contributed by atoms with Crippen LogP contribution in [0.5, 0.6) is 0 Å². The summed E-state index contributed by atoms with van der Waals surface area (Å²) < 4.78 is 24.9. The monoisotopic (exact) mass is 435 g/mol. The van der Waals surface area contributed by atoms with Crippen LogP contribution < -0.4 is 16.4 Å². The van der Waals surface area contributed by atoms with Gasteiger partial charge in [0.25, 0.3) is 0 Å². The van der Waals surface area contributed by atoms with Crippen LogP contribution >= 0.6 is 0 Å². The number of amides is 1. The normalized spacial score (nSPS) is 23.4. The Labute approximate surface area is 181 Å². The zero-order chi connectivity index (χ0) is 21.7. The molecule has 168 valence electrons. The number of rotatable bonds is 8. The van der Waals surface area contributed by atoms with E-state index in [2.05, 4.69) is 23.6 Å². The molecular weight excluding hydrogens is 398 g/mol. The minimum atomic E-state index is -3.15. The molecule has 0 bridgehead atoms. The molecule has 1 aromatic carbocycles. The minimum absolute atomic E-state index is 0.0653. The number of benzene rings is 1. The number of fused-ring (bicyclic) bond motifs is 1. The molecule has 3 atom stereocenters. The number of hydrogen-bond acceptors (Lipinski definition) is 5. The van der Waals surface area contributed by atoms with Gasteiger partial charge < -0.3 is 16.4 Å². The molecule has 0 saturated heterocycles. The zero-order valence-corrected chi connectivity index (χ0v) is 19.1. The Hall–Kier alpha value is -1.44. The predicted molar refractivity (Wildman–Crippen MR) is 121 cm³/mol. The van der Waals surface area contributed by atoms with Gasteiger partial charge in [0.1, 0.15) is 0 Å². The summed E-state index contributed by atoms with van der Waals surface area (Å²) in [7, 11) is -3.15. The third kappa shape index (κ3) is 6.28. The van der Waals surface area contributed by atoms with Crippen molar-refractivity contribution in [1.29, 1.82) is 0 Å². The maximum absolute atomic E-state index is 12.4. The highest BCUT2D eigenvalue weighted by atomic mass is 32.2. The van der Waals surface area contributed by atoms with Gasteiger partial charge in [-0.1, -0.05) is 57.2 Å². The fourth-order valence-corrected chi connectivity index (χ4v) is 6.59. The fourth-order valence-electron chi connectivity index (χ4n) is 4.93. The zero-order valence-electron chi connectivity index (χ0n) is 18.3. The lowest BCUT2D eigenvalue weighted by Gasteiger charge is -2.33. The first-order valence-electron chi connectivity index (χ1n) is 11.4. The Morgan fingerprint density at radius 2 is 1.97 bits per heavy atom. The summed E-state index contributed by atoms with van der Waals surface area (Å²) in [4.78, 5) is 11.8. The molecule has 1 aliphatic carbocycles. The molecule has 2 aliphatic rings. The Morgan fingerprint density at radius 3 is 2.63 bits per heavy atom. The number of carbonyl (C=O) groups excluding carboxylic acids is 1. The lowest BCUT2D eigenvalue weighted by molar-refractivity contribution is -0.119. The van der Waals surface area contributed by atoms with Crippen molar-refractivity contribution < 1.29 is 13.2 Å². The van der Waals surface area contributed by atoms with Gasteiger partial charge in [0, 0.05) is 31.6 Å². The summed E-state index contributed by atoms with van der Waals surface area (Å²) in [5.41, 5.74) is 9.67. The Bertz CT molecular complexity index is 834. The smallest absolute Gasteiger partial charge is 0.217 e. The van der Waals surface area contributed by atoms with Crippen LogP contribution in [-0.2, 0) is 26.8 Å². The van der Waals surface area contributed by atoms with Crippen LogP contribution in [0.4, 0.5) is 0 Å². The second-order valence-corrected chi connectivity index (χ2v) is 11.2. The molecule has 1 aliphatic heterocycles. The average molecular weight is 436 g/mol. The van der Waals surface area contributed by atoms with E-state index >= 15 is 0 Å². The molecule has 6 nitrogen and oxygen atoms in total. The number of sulfone groups is 1. The first-order chi connectivity index (χ1) is 14.3. The van der Waals surface area contributed by atoms with Gasteiger partial charge in [0.15, 0.2) is 9.84 Å². The number of hydrogen-bond donors (Lipinski definition) is 3. The second-order valence-electron chi connectivity index (χ2n) is 9.11. The molecule has 1 amide bonds. The number of nitrogens with one attached hydrogen (secondary N) is 2. The third-order valence-corrected chi connectivity index (χ3v) is 8.20. The summed E-state index contributed by atoms with van der Waals surface area (Å²) in [5, 5.41) is 6.47. The van der Waals surface area contributed by atoms with E-state index in [0.717, 1.165) is 24.0 Å². The van der Waals surface area contributed by atoms with E-state index in [1.165, 1.54) is 44.6 Å². The third-order valence-electron chi connectivity index (χ3n) is 6.61. The predicted octanol–water partition coefficient (Wildman–Crippen LogP) is 2.61. The van der Waals surface area contributed by atoms with E-state index in [1.807, 2.05) is 12.1 Å². The van der Waals surface area contributed by atoms with Gasteiger partial charge in [-0.25, -0.2) is 8.42 Å². The van der Waals surface area contributed by atoms with Crippen LogP contribution in [0.2, 0.25) is 0 Å². The molecule has 0 radical (unpaired) electrons. The first-order valence-corrected chi connectivity index (χ1v) is 13.2. The molecule has 1 aromatic rings. The van der Waals surface area contributed by atoms with Crippen molar-refractivity contribution in [3.8, 4) is 0 Å². The van der Waals surface area contributed by atoms with Gasteiger partial charge in [-0.2, -0.15) is 0 Å². The van der Waals surface area contributed by atoms with Crippen LogP contribution in [0.25, 0.3) is 0 Å². The molecule has 1 heterocycles. The van der Waals surface area contributed by atoms with E-state index in [0.29, 0.717) is 12.5 Å². The lowest BCUT2D eigenvalue weighted by atomic mass is 9.83. The van der Waals surface area contributed by atoms with Crippen molar-refractivity contribution in [2.24, 2.45) is 11.7 Å². The van der Waals surface area contributed by atoms with Crippen molar-refractivity contribution in [2.45, 2.75) is 82.7 Å². The average Bonchev–Trinajstić information content (AvgIpc) is 2.70. The van der Waals surface area contributed by atoms with E-state index in [4.69, 9.17) is 5.73 Å². The highest BCUT2D eigenvalue weighted by molar-refractivity contribution is 7.90. The van der Waals surface area contributed by atoms with Gasteiger partial charge >= 0.3 is 0 Å². The minimum Gasteiger partial charge on any atom is -0.352 e. The topological polar surface area (TPSA) is 101 Å². The van der Waals surface area contributed by atoms with Gasteiger partial charge in [0.2, 0.25) is 5.91 Å². The van der Waals surface area contributed by atoms with Crippen molar-refractivity contribution >= 4 is 15.7 Å². The SMILES string of the molecule is CCc1ccc2c(c1)[C@@H](NC[C@@H](N)[C@H](CC1CCCCC1)NC(C)=O)CS(=O)(=O)C2. The quantitative estimate of drug-likeness (QED) is 0.583. The molecule has 0 spiro atoms. The molecule has 3 rings (SSSR count). The highest BCUT2D eigenvalue weighted by Gasteiger charge is 2.31. The second kappa shape index (κ2) is 10.2. The van der Waals surface area contributed by atoms with Gasteiger partial charge in [-0.3, -0.25) is 4.79 Å². The van der Waals surface area contributed by atoms with Crippen molar-refractivity contribution in [3.05, 3.63) is 34.9 Å². The highest BCUT2D eigenvalue weighted by Crippen LogP contribution is 2.30. The number of aryl methyl sites for hydroxylation is 1. The summed E-state index contributed by atoms with van der Waals surface area (Å²) in [5.74, 6) is 0.731. The van der Waals surface area contributed by atoms with Gasteiger partial charge in [0.05, 0.1) is 11.5 Å². The summed E-state index contributed by atoms with van der Waals surface area (Å²) in [6.45, 7) is 4.10. The van der Waals surface area contributed by atoms with E-state index in [1.54, 1.807) is 0 Å². The number of nitrogens with two attached hydrogens (primary N) is 1. The van der Waals surface area contributed by atoms with Crippen LogP contribution in [0.15, 0.2) is 18.2 Å². The largest absolute Gasteiger partial charge is 0.352 e. The standard InChI is InChI=1S/C23H37N3O3S/c1-3-17-9-10-19-14-30(28,29)15-23(20(19)11-17)25-13-21(24)22(26-16(2)27)12-18-7-5-4-6-8-18/h9-11,18,21-23,25H,3-8,12-15,24H2,1-2H3,(H,26,27)/t21-,22+,23+/m1/s1.